The number of aliphatic hydroxyl groups excluding tert-OH is 1. The molecule has 1 saturated heterocycles. The Morgan fingerprint density at radius 3 is 2.78 bits per heavy atom. The number of benzene rings is 1. The molecule has 0 spiro atoms. The summed E-state index contributed by atoms with van der Waals surface area (Å²) in [5, 5.41) is 12.9. The van der Waals surface area contributed by atoms with Crippen molar-refractivity contribution in [3.05, 3.63) is 35.9 Å². The van der Waals surface area contributed by atoms with Crippen molar-refractivity contribution in [3.8, 4) is 0 Å². The second kappa shape index (κ2) is 6.88. The molecular formula is C15H24N2O. The zero-order valence-corrected chi connectivity index (χ0v) is 11.2. The van der Waals surface area contributed by atoms with E-state index >= 15 is 0 Å². The van der Waals surface area contributed by atoms with E-state index in [4.69, 9.17) is 0 Å². The van der Waals surface area contributed by atoms with Gasteiger partial charge in [-0.2, -0.15) is 0 Å². The first kappa shape index (κ1) is 13.5. The van der Waals surface area contributed by atoms with Gasteiger partial charge in [-0.1, -0.05) is 30.3 Å². The summed E-state index contributed by atoms with van der Waals surface area (Å²) in [5.74, 6) is 0. The highest BCUT2D eigenvalue weighted by atomic mass is 16.3. The van der Waals surface area contributed by atoms with Crippen LogP contribution >= 0.6 is 0 Å². The maximum absolute atomic E-state index is 9.45. The molecule has 1 fully saturated rings. The van der Waals surface area contributed by atoms with Crippen molar-refractivity contribution in [3.63, 3.8) is 0 Å². The van der Waals surface area contributed by atoms with Crippen LogP contribution in [0.2, 0.25) is 0 Å². The van der Waals surface area contributed by atoms with Crippen LogP contribution in [-0.2, 0) is 0 Å². The van der Waals surface area contributed by atoms with Gasteiger partial charge in [0.2, 0.25) is 0 Å². The van der Waals surface area contributed by atoms with Gasteiger partial charge in [-0.25, -0.2) is 0 Å². The van der Waals surface area contributed by atoms with Gasteiger partial charge in [0.15, 0.2) is 0 Å². The maximum atomic E-state index is 9.45. The Balaban J connectivity index is 1.77. The van der Waals surface area contributed by atoms with Gasteiger partial charge in [-0.3, -0.25) is 0 Å². The average Bonchev–Trinajstić information content (AvgIpc) is 2.81. The second-order valence-electron chi connectivity index (χ2n) is 5.17. The van der Waals surface area contributed by atoms with Crippen molar-refractivity contribution in [1.82, 2.24) is 10.2 Å². The van der Waals surface area contributed by atoms with Crippen LogP contribution < -0.4 is 5.32 Å². The SMILES string of the molecule is CN1CCC[C@@H]1CCN[C@@H](CO)c1ccccc1. The molecule has 1 aliphatic heterocycles. The van der Waals surface area contributed by atoms with Crippen molar-refractivity contribution >= 4 is 0 Å². The molecule has 2 atom stereocenters. The second-order valence-corrected chi connectivity index (χ2v) is 5.17. The molecule has 3 nitrogen and oxygen atoms in total. The Morgan fingerprint density at radius 1 is 1.39 bits per heavy atom. The smallest absolute Gasteiger partial charge is 0.0626 e. The molecule has 18 heavy (non-hydrogen) atoms. The molecule has 1 aromatic rings. The van der Waals surface area contributed by atoms with Crippen LogP contribution in [-0.4, -0.2) is 42.8 Å². The lowest BCUT2D eigenvalue weighted by molar-refractivity contribution is 0.236. The molecule has 0 amide bonds. The molecule has 1 aromatic carbocycles. The van der Waals surface area contributed by atoms with Crippen molar-refractivity contribution in [2.45, 2.75) is 31.3 Å². The molecule has 0 bridgehead atoms. The van der Waals surface area contributed by atoms with Crippen molar-refractivity contribution in [1.29, 1.82) is 0 Å². The standard InChI is InChI=1S/C15H24N2O/c1-17-11-5-8-14(17)9-10-16-15(12-18)13-6-3-2-4-7-13/h2-4,6-7,14-16,18H,5,8-12H2,1H3/t14-,15+/m1/s1. The third-order valence-electron chi connectivity index (χ3n) is 3.92. The predicted molar refractivity (Wildman–Crippen MR) is 74.5 cm³/mol. The van der Waals surface area contributed by atoms with Crippen LogP contribution in [0.3, 0.4) is 0 Å². The fourth-order valence-corrected chi connectivity index (χ4v) is 2.74. The van der Waals surface area contributed by atoms with Crippen molar-refractivity contribution in [2.75, 3.05) is 26.7 Å². The van der Waals surface area contributed by atoms with E-state index in [2.05, 4.69) is 29.4 Å². The van der Waals surface area contributed by atoms with Crippen LogP contribution in [0.4, 0.5) is 0 Å². The van der Waals surface area contributed by atoms with Gasteiger partial charge in [0.25, 0.3) is 0 Å². The van der Waals surface area contributed by atoms with E-state index in [0.717, 1.165) is 6.54 Å². The Kier molecular flexibility index (Phi) is 5.17. The molecular weight excluding hydrogens is 224 g/mol. The number of nitrogens with one attached hydrogen (secondary N) is 1. The van der Waals surface area contributed by atoms with E-state index in [1.54, 1.807) is 0 Å². The number of nitrogens with zero attached hydrogens (tertiary/aromatic N) is 1. The zero-order chi connectivity index (χ0) is 12.8. The number of hydrogen-bond donors (Lipinski definition) is 2. The summed E-state index contributed by atoms with van der Waals surface area (Å²) in [7, 11) is 2.21. The monoisotopic (exact) mass is 248 g/mol. The van der Waals surface area contributed by atoms with E-state index in [0.29, 0.717) is 6.04 Å². The molecule has 0 unspecified atom stereocenters. The molecule has 2 rings (SSSR count). The van der Waals surface area contributed by atoms with Gasteiger partial charge in [-0.05, 0) is 45.0 Å². The van der Waals surface area contributed by atoms with Gasteiger partial charge in [0.05, 0.1) is 12.6 Å². The molecule has 0 saturated carbocycles. The maximum Gasteiger partial charge on any atom is 0.0626 e. The molecule has 1 aliphatic rings. The summed E-state index contributed by atoms with van der Waals surface area (Å²) < 4.78 is 0. The molecule has 0 aliphatic carbocycles. The summed E-state index contributed by atoms with van der Waals surface area (Å²) in [6.07, 6.45) is 3.80. The van der Waals surface area contributed by atoms with E-state index in [1.807, 2.05) is 18.2 Å². The predicted octanol–water partition coefficient (Wildman–Crippen LogP) is 1.79. The summed E-state index contributed by atoms with van der Waals surface area (Å²) in [4.78, 5) is 2.44. The largest absolute Gasteiger partial charge is 0.394 e. The zero-order valence-electron chi connectivity index (χ0n) is 11.2. The number of hydrogen-bond acceptors (Lipinski definition) is 3. The third-order valence-corrected chi connectivity index (χ3v) is 3.92. The minimum Gasteiger partial charge on any atom is -0.394 e. The summed E-state index contributed by atoms with van der Waals surface area (Å²) in [5.41, 5.74) is 1.17. The van der Waals surface area contributed by atoms with Gasteiger partial charge in [0, 0.05) is 6.04 Å². The topological polar surface area (TPSA) is 35.5 Å². The van der Waals surface area contributed by atoms with Crippen LogP contribution in [0.25, 0.3) is 0 Å². The molecule has 0 radical (unpaired) electrons. The minimum absolute atomic E-state index is 0.0675. The first-order valence-corrected chi connectivity index (χ1v) is 6.90. The molecule has 1 heterocycles. The lowest BCUT2D eigenvalue weighted by Crippen LogP contribution is -2.31. The quantitative estimate of drug-likeness (QED) is 0.806. The Bertz CT molecular complexity index is 342. The summed E-state index contributed by atoms with van der Waals surface area (Å²) in [6.45, 7) is 2.35. The van der Waals surface area contributed by atoms with Crippen molar-refractivity contribution < 1.29 is 5.11 Å². The van der Waals surface area contributed by atoms with Crippen LogP contribution in [0.15, 0.2) is 30.3 Å². The summed E-state index contributed by atoms with van der Waals surface area (Å²) >= 11 is 0. The number of rotatable bonds is 6. The van der Waals surface area contributed by atoms with E-state index in [1.165, 1.54) is 31.4 Å². The number of aliphatic hydroxyl groups is 1. The van der Waals surface area contributed by atoms with E-state index in [9.17, 15) is 5.11 Å². The molecule has 100 valence electrons. The summed E-state index contributed by atoms with van der Waals surface area (Å²) in [6, 6.07) is 11.0. The van der Waals surface area contributed by atoms with Gasteiger partial charge in [-0.15, -0.1) is 0 Å². The van der Waals surface area contributed by atoms with Crippen molar-refractivity contribution in [2.24, 2.45) is 0 Å². The van der Waals surface area contributed by atoms with Gasteiger partial charge >= 0.3 is 0 Å². The number of likely N-dealkylation sites (tertiary alicyclic amines) is 1. The first-order valence-electron chi connectivity index (χ1n) is 6.90. The molecule has 3 heteroatoms. The van der Waals surface area contributed by atoms with Gasteiger partial charge < -0.3 is 15.3 Å². The highest BCUT2D eigenvalue weighted by molar-refractivity contribution is 5.18. The first-order chi connectivity index (χ1) is 8.81. The lowest BCUT2D eigenvalue weighted by Gasteiger charge is -2.22. The average molecular weight is 248 g/mol. The fraction of sp³-hybridized carbons (Fsp3) is 0.600. The Hall–Kier alpha value is -0.900. The normalized spacial score (nSPS) is 22.2. The highest BCUT2D eigenvalue weighted by Crippen LogP contribution is 2.18. The lowest BCUT2D eigenvalue weighted by atomic mass is 10.1. The third kappa shape index (κ3) is 3.55. The molecule has 0 aromatic heterocycles. The van der Waals surface area contributed by atoms with Crippen LogP contribution in [0.1, 0.15) is 30.9 Å². The van der Waals surface area contributed by atoms with E-state index in [-0.39, 0.29) is 12.6 Å². The Morgan fingerprint density at radius 2 is 2.17 bits per heavy atom. The van der Waals surface area contributed by atoms with Crippen LogP contribution in [0.5, 0.6) is 0 Å². The van der Waals surface area contributed by atoms with Crippen LogP contribution in [0, 0.1) is 0 Å². The fourth-order valence-electron chi connectivity index (χ4n) is 2.74. The minimum atomic E-state index is 0.0675. The van der Waals surface area contributed by atoms with E-state index < -0.39 is 0 Å². The Labute approximate surface area is 110 Å². The molecule has 2 N–H and O–H groups in total. The highest BCUT2D eigenvalue weighted by Gasteiger charge is 2.20. The van der Waals surface area contributed by atoms with Gasteiger partial charge in [0.1, 0.15) is 0 Å².